The van der Waals surface area contributed by atoms with Crippen LogP contribution in [0.15, 0.2) is 36.5 Å². The van der Waals surface area contributed by atoms with Gasteiger partial charge in [-0.3, -0.25) is 10.1 Å². The Kier molecular flexibility index (Phi) is 6.20. The van der Waals surface area contributed by atoms with Crippen molar-refractivity contribution in [3.05, 3.63) is 46.6 Å². The Balaban J connectivity index is 1.57. The molecule has 0 saturated carbocycles. The van der Waals surface area contributed by atoms with Crippen molar-refractivity contribution in [2.24, 2.45) is 0 Å². The Labute approximate surface area is 194 Å². The van der Waals surface area contributed by atoms with Crippen molar-refractivity contribution in [1.29, 1.82) is 0 Å². The molecule has 2 atom stereocenters. The molecular formula is C21H25N7O6. The number of aliphatic hydroxyl groups excluding tert-OH is 1. The fourth-order valence-electron chi connectivity index (χ4n) is 3.66. The van der Waals surface area contributed by atoms with Crippen LogP contribution in [0.3, 0.4) is 0 Å². The summed E-state index contributed by atoms with van der Waals surface area (Å²) in [5.41, 5.74) is 0.0937. The normalized spacial score (nSPS) is 18.5. The molecule has 4 rings (SSSR count). The number of hydrogen-bond acceptors (Lipinski definition) is 10. The molecule has 180 valence electrons. The number of hydrogen-bond donors (Lipinski definition) is 2. The SMILES string of the molecule is CC(C)(C)OC(=O)N1C[C@@H](O)C[C@@H](Nc2ccnc(On3nnc4ccccc43)c2[N+](=O)[O-])C1. The summed E-state index contributed by atoms with van der Waals surface area (Å²) in [4.78, 5) is 35.9. The van der Waals surface area contributed by atoms with Crippen molar-refractivity contribution in [3.63, 3.8) is 0 Å². The first kappa shape index (κ1) is 23.2. The molecule has 1 aromatic carbocycles. The van der Waals surface area contributed by atoms with Crippen molar-refractivity contribution in [3.8, 4) is 5.88 Å². The van der Waals surface area contributed by atoms with Crippen LogP contribution in [0, 0.1) is 10.1 Å². The van der Waals surface area contributed by atoms with E-state index in [-0.39, 0.29) is 31.1 Å². The number of ether oxygens (including phenoxy) is 1. The third-order valence-electron chi connectivity index (χ3n) is 5.01. The number of β-amino-alcohol motifs (C(OH)–C–C–N with tert-alkyl or cyclic N) is 1. The van der Waals surface area contributed by atoms with E-state index in [1.165, 1.54) is 17.2 Å². The second-order valence-electron chi connectivity index (χ2n) is 8.93. The van der Waals surface area contributed by atoms with Crippen LogP contribution in [0.1, 0.15) is 27.2 Å². The second kappa shape index (κ2) is 9.09. The molecule has 34 heavy (non-hydrogen) atoms. The maximum Gasteiger partial charge on any atom is 0.410 e. The van der Waals surface area contributed by atoms with Crippen LogP contribution in [0.25, 0.3) is 11.0 Å². The van der Waals surface area contributed by atoms with E-state index in [0.717, 1.165) is 4.85 Å². The molecule has 0 spiro atoms. The van der Waals surface area contributed by atoms with E-state index >= 15 is 0 Å². The Hall–Kier alpha value is -4.00. The fraction of sp³-hybridized carbons (Fsp3) is 0.429. The minimum absolute atomic E-state index is 0.110. The van der Waals surface area contributed by atoms with Gasteiger partial charge in [0.2, 0.25) is 0 Å². The zero-order valence-corrected chi connectivity index (χ0v) is 18.9. The maximum atomic E-state index is 12.5. The summed E-state index contributed by atoms with van der Waals surface area (Å²) >= 11 is 0. The third kappa shape index (κ3) is 5.14. The molecule has 3 aromatic rings. The fourth-order valence-corrected chi connectivity index (χ4v) is 3.66. The number of nitrogens with one attached hydrogen (secondary N) is 1. The molecule has 0 aliphatic carbocycles. The predicted octanol–water partition coefficient (Wildman–Crippen LogP) is 2.36. The number of aromatic nitrogens is 4. The largest absolute Gasteiger partial charge is 0.444 e. The average Bonchev–Trinajstić information content (AvgIpc) is 3.15. The first-order valence-electron chi connectivity index (χ1n) is 10.7. The number of para-hydroxylation sites is 1. The van der Waals surface area contributed by atoms with E-state index < -0.39 is 34.5 Å². The minimum atomic E-state index is -0.822. The molecule has 1 saturated heterocycles. The lowest BCUT2D eigenvalue weighted by atomic mass is 10.0. The number of likely N-dealkylation sites (tertiary alicyclic amines) is 1. The quantitative estimate of drug-likeness (QED) is 0.418. The number of benzene rings is 1. The Bertz CT molecular complexity index is 1210. The Morgan fingerprint density at radius 3 is 2.76 bits per heavy atom. The molecule has 0 bridgehead atoms. The van der Waals surface area contributed by atoms with Gasteiger partial charge in [-0.25, -0.2) is 9.78 Å². The van der Waals surface area contributed by atoms with Crippen LogP contribution in [-0.2, 0) is 4.74 Å². The predicted molar refractivity (Wildman–Crippen MR) is 120 cm³/mol. The highest BCUT2D eigenvalue weighted by Gasteiger charge is 2.34. The zero-order chi connectivity index (χ0) is 24.5. The lowest BCUT2D eigenvalue weighted by molar-refractivity contribution is -0.385. The topological polar surface area (TPSA) is 158 Å². The molecule has 13 nitrogen and oxygen atoms in total. The molecule has 0 unspecified atom stereocenters. The van der Waals surface area contributed by atoms with Gasteiger partial charge in [0.1, 0.15) is 22.3 Å². The molecule has 2 aromatic heterocycles. The van der Waals surface area contributed by atoms with E-state index in [9.17, 15) is 20.0 Å². The lowest BCUT2D eigenvalue weighted by Crippen LogP contribution is -2.52. The number of carbonyl (C=O) groups is 1. The zero-order valence-electron chi connectivity index (χ0n) is 18.9. The number of aliphatic hydroxyl groups is 1. The maximum absolute atomic E-state index is 12.5. The number of pyridine rings is 1. The molecule has 13 heteroatoms. The molecule has 1 aliphatic rings. The summed E-state index contributed by atoms with van der Waals surface area (Å²) < 4.78 is 5.39. The summed E-state index contributed by atoms with van der Waals surface area (Å²) in [6, 6.07) is 7.94. The summed E-state index contributed by atoms with van der Waals surface area (Å²) in [5, 5.41) is 33.1. The molecule has 1 amide bonds. The number of rotatable bonds is 5. The number of fused-ring (bicyclic) bond motifs is 1. The number of anilines is 1. The first-order chi connectivity index (χ1) is 16.1. The summed E-state index contributed by atoms with van der Waals surface area (Å²) in [5.74, 6) is -0.286. The number of nitro groups is 1. The number of amides is 1. The van der Waals surface area contributed by atoms with Gasteiger partial charge in [0.15, 0.2) is 0 Å². The Morgan fingerprint density at radius 1 is 1.26 bits per heavy atom. The molecule has 1 fully saturated rings. The highest BCUT2D eigenvalue weighted by molar-refractivity contribution is 5.74. The van der Waals surface area contributed by atoms with Crippen molar-refractivity contribution >= 4 is 28.5 Å². The lowest BCUT2D eigenvalue weighted by Gasteiger charge is -2.37. The van der Waals surface area contributed by atoms with Crippen molar-refractivity contribution in [1.82, 2.24) is 25.0 Å². The van der Waals surface area contributed by atoms with Crippen LogP contribution in [-0.4, -0.2) is 72.0 Å². The van der Waals surface area contributed by atoms with Gasteiger partial charge in [-0.05, 0) is 50.6 Å². The molecule has 3 heterocycles. The Morgan fingerprint density at radius 2 is 2.03 bits per heavy atom. The van der Waals surface area contributed by atoms with Gasteiger partial charge in [0, 0.05) is 18.8 Å². The standard InChI is InChI=1S/C21H25N7O6/c1-21(2,3)33-20(30)26-11-13(10-14(29)12-26)23-16-8-9-22-19(18(16)28(31)32)34-27-17-7-5-4-6-15(17)24-25-27/h4-9,13-14,29H,10-12H2,1-3H3,(H,22,23)/t13-,14+/m1/s1. The van der Waals surface area contributed by atoms with Crippen molar-refractivity contribution < 1.29 is 24.4 Å². The number of piperidine rings is 1. The van der Waals surface area contributed by atoms with E-state index in [2.05, 4.69) is 20.6 Å². The highest BCUT2D eigenvalue weighted by Crippen LogP contribution is 2.34. The number of nitrogens with zero attached hydrogens (tertiary/aromatic N) is 6. The smallest absolute Gasteiger partial charge is 0.410 e. The van der Waals surface area contributed by atoms with Gasteiger partial charge >= 0.3 is 17.7 Å². The van der Waals surface area contributed by atoms with E-state index in [1.54, 1.807) is 45.0 Å². The van der Waals surface area contributed by atoms with E-state index in [4.69, 9.17) is 9.57 Å². The third-order valence-corrected chi connectivity index (χ3v) is 5.01. The average molecular weight is 471 g/mol. The van der Waals surface area contributed by atoms with Crippen LogP contribution in [0.5, 0.6) is 5.88 Å². The van der Waals surface area contributed by atoms with Crippen LogP contribution in [0.4, 0.5) is 16.2 Å². The van der Waals surface area contributed by atoms with Crippen LogP contribution < -0.4 is 10.2 Å². The van der Waals surface area contributed by atoms with Gasteiger partial charge in [0.05, 0.1) is 17.6 Å². The summed E-state index contributed by atoms with van der Waals surface area (Å²) in [6.45, 7) is 5.55. The highest BCUT2D eigenvalue weighted by atomic mass is 16.7. The van der Waals surface area contributed by atoms with Crippen molar-refractivity contribution in [2.75, 3.05) is 18.4 Å². The van der Waals surface area contributed by atoms with Gasteiger partial charge in [-0.15, -0.1) is 5.10 Å². The molecule has 0 radical (unpaired) electrons. The van der Waals surface area contributed by atoms with Gasteiger partial charge in [0.25, 0.3) is 0 Å². The van der Waals surface area contributed by atoms with Crippen LogP contribution in [0.2, 0.25) is 0 Å². The first-order valence-corrected chi connectivity index (χ1v) is 10.7. The molecule has 1 aliphatic heterocycles. The molecule has 2 N–H and O–H groups in total. The minimum Gasteiger partial charge on any atom is -0.444 e. The van der Waals surface area contributed by atoms with E-state index in [1.807, 2.05) is 0 Å². The van der Waals surface area contributed by atoms with Gasteiger partial charge in [-0.1, -0.05) is 17.0 Å². The summed E-state index contributed by atoms with van der Waals surface area (Å²) in [6.07, 6.45) is 0.249. The van der Waals surface area contributed by atoms with Crippen molar-refractivity contribution in [2.45, 2.75) is 44.9 Å². The summed E-state index contributed by atoms with van der Waals surface area (Å²) in [7, 11) is 0. The van der Waals surface area contributed by atoms with Crippen LogP contribution >= 0.6 is 0 Å². The second-order valence-corrected chi connectivity index (χ2v) is 8.93. The molecular weight excluding hydrogens is 446 g/mol. The number of carbonyl (C=O) groups excluding carboxylic acids is 1. The van der Waals surface area contributed by atoms with Gasteiger partial charge < -0.3 is 24.9 Å². The monoisotopic (exact) mass is 471 g/mol. The van der Waals surface area contributed by atoms with Gasteiger partial charge in [-0.2, -0.15) is 0 Å². The van der Waals surface area contributed by atoms with E-state index in [0.29, 0.717) is 11.0 Å².